The van der Waals surface area contributed by atoms with Crippen molar-refractivity contribution in [1.82, 2.24) is 5.32 Å². The van der Waals surface area contributed by atoms with Crippen molar-refractivity contribution in [2.75, 3.05) is 49.3 Å². The number of benzene rings is 1. The molecule has 10 heteroatoms. The zero-order chi connectivity index (χ0) is 18.4. The van der Waals surface area contributed by atoms with Crippen LogP contribution in [0.5, 0.6) is 5.75 Å². The molecular formula is C15H21N3O6S. The van der Waals surface area contributed by atoms with Crippen molar-refractivity contribution in [3.63, 3.8) is 0 Å². The van der Waals surface area contributed by atoms with Crippen molar-refractivity contribution in [1.29, 1.82) is 0 Å². The minimum atomic E-state index is -3.31. The topological polar surface area (TPSA) is 114 Å². The van der Waals surface area contributed by atoms with Gasteiger partial charge in [0.15, 0.2) is 0 Å². The van der Waals surface area contributed by atoms with Gasteiger partial charge in [0.05, 0.1) is 30.8 Å². The number of sulfonamides is 1. The fourth-order valence-electron chi connectivity index (χ4n) is 2.39. The maximum atomic E-state index is 12.0. The maximum Gasteiger partial charge on any atom is 0.313 e. The summed E-state index contributed by atoms with van der Waals surface area (Å²) in [6, 6.07) is 4.58. The van der Waals surface area contributed by atoms with Gasteiger partial charge in [-0.15, -0.1) is 0 Å². The third-order valence-corrected chi connectivity index (χ3v) is 5.49. The minimum absolute atomic E-state index is 0.107. The van der Waals surface area contributed by atoms with E-state index in [9.17, 15) is 18.0 Å². The summed E-state index contributed by atoms with van der Waals surface area (Å²) in [6.07, 6.45) is 0.560. The molecule has 1 aromatic carbocycles. The molecule has 1 fully saturated rings. The number of nitrogens with zero attached hydrogens (tertiary/aromatic N) is 1. The summed E-state index contributed by atoms with van der Waals surface area (Å²) in [4.78, 5) is 23.6. The van der Waals surface area contributed by atoms with Crippen LogP contribution < -0.4 is 19.7 Å². The number of rotatable bonds is 6. The minimum Gasteiger partial charge on any atom is -0.494 e. The highest BCUT2D eigenvalue weighted by molar-refractivity contribution is 7.93. The molecule has 9 nitrogen and oxygen atoms in total. The summed E-state index contributed by atoms with van der Waals surface area (Å²) in [5.74, 6) is -1.28. The van der Waals surface area contributed by atoms with Gasteiger partial charge in [-0.3, -0.25) is 13.9 Å². The van der Waals surface area contributed by atoms with E-state index in [-0.39, 0.29) is 23.7 Å². The number of nitrogens with one attached hydrogen (secondary N) is 2. The SMILES string of the molecule is COCCNC(=O)C(=O)Nc1ccc(N2CCCS2(=O)=O)cc1OC. The Morgan fingerprint density at radius 1 is 1.24 bits per heavy atom. The predicted octanol–water partition coefficient (Wildman–Crippen LogP) is -0.0638. The van der Waals surface area contributed by atoms with Crippen molar-refractivity contribution in [3.05, 3.63) is 18.2 Å². The summed E-state index contributed by atoms with van der Waals surface area (Å²) < 4.78 is 35.3. The van der Waals surface area contributed by atoms with Crippen molar-refractivity contribution in [2.24, 2.45) is 0 Å². The number of ether oxygens (including phenoxy) is 2. The second-order valence-electron chi connectivity index (χ2n) is 5.33. The third-order valence-electron chi connectivity index (χ3n) is 3.62. The van der Waals surface area contributed by atoms with E-state index in [4.69, 9.17) is 9.47 Å². The lowest BCUT2D eigenvalue weighted by Gasteiger charge is -2.19. The van der Waals surface area contributed by atoms with Gasteiger partial charge in [0.2, 0.25) is 10.0 Å². The van der Waals surface area contributed by atoms with Gasteiger partial charge < -0.3 is 20.1 Å². The summed E-state index contributed by atoms with van der Waals surface area (Å²) in [5, 5.41) is 4.85. The van der Waals surface area contributed by atoms with Gasteiger partial charge in [-0.25, -0.2) is 8.42 Å². The van der Waals surface area contributed by atoms with Crippen LogP contribution in [0.25, 0.3) is 0 Å². The van der Waals surface area contributed by atoms with Gasteiger partial charge in [0.25, 0.3) is 0 Å². The van der Waals surface area contributed by atoms with Crippen LogP contribution in [0.2, 0.25) is 0 Å². The molecule has 0 unspecified atom stereocenters. The van der Waals surface area contributed by atoms with E-state index < -0.39 is 21.8 Å². The van der Waals surface area contributed by atoms with Crippen LogP contribution in [-0.2, 0) is 24.3 Å². The van der Waals surface area contributed by atoms with E-state index in [1.165, 1.54) is 30.7 Å². The Hall–Kier alpha value is -2.33. The molecule has 1 aliphatic heterocycles. The Bertz CT molecular complexity index is 750. The monoisotopic (exact) mass is 371 g/mol. The average Bonchev–Trinajstić information content (AvgIpc) is 2.94. The summed E-state index contributed by atoms with van der Waals surface area (Å²) in [6.45, 7) is 0.909. The van der Waals surface area contributed by atoms with Gasteiger partial charge in [-0.05, 0) is 18.6 Å². The number of methoxy groups -OCH3 is 2. The van der Waals surface area contributed by atoms with Crippen molar-refractivity contribution in [3.8, 4) is 5.75 Å². The van der Waals surface area contributed by atoms with Crippen LogP contribution in [0.1, 0.15) is 6.42 Å². The number of amides is 2. The lowest BCUT2D eigenvalue weighted by molar-refractivity contribution is -0.136. The van der Waals surface area contributed by atoms with Gasteiger partial charge in [0.1, 0.15) is 5.75 Å². The van der Waals surface area contributed by atoms with E-state index in [1.54, 1.807) is 6.07 Å². The molecule has 25 heavy (non-hydrogen) atoms. The van der Waals surface area contributed by atoms with E-state index >= 15 is 0 Å². The summed E-state index contributed by atoms with van der Waals surface area (Å²) in [7, 11) is -0.433. The number of hydrogen-bond acceptors (Lipinski definition) is 6. The molecule has 0 spiro atoms. The first kappa shape index (κ1) is 19.0. The van der Waals surface area contributed by atoms with Crippen LogP contribution in [-0.4, -0.2) is 59.9 Å². The highest BCUT2D eigenvalue weighted by Gasteiger charge is 2.29. The number of carbonyl (C=O) groups is 2. The standard InChI is InChI=1S/C15H21N3O6S/c1-23-8-6-16-14(19)15(20)17-12-5-4-11(10-13(12)24-2)18-7-3-9-25(18,21)22/h4-5,10H,3,6-9H2,1-2H3,(H,16,19)(H,17,20). The van der Waals surface area contributed by atoms with Gasteiger partial charge in [-0.1, -0.05) is 0 Å². The van der Waals surface area contributed by atoms with Crippen LogP contribution >= 0.6 is 0 Å². The normalized spacial score (nSPS) is 15.7. The average molecular weight is 371 g/mol. The van der Waals surface area contributed by atoms with Crippen LogP contribution in [0.15, 0.2) is 18.2 Å². The molecule has 2 rings (SSSR count). The lowest BCUT2D eigenvalue weighted by atomic mass is 10.2. The quantitative estimate of drug-likeness (QED) is 0.535. The Balaban J connectivity index is 2.12. The Labute approximate surface area is 146 Å². The second kappa shape index (κ2) is 8.17. The molecular weight excluding hydrogens is 350 g/mol. The van der Waals surface area contributed by atoms with Crippen molar-refractivity contribution in [2.45, 2.75) is 6.42 Å². The molecule has 1 heterocycles. The molecule has 0 bridgehead atoms. The maximum absolute atomic E-state index is 12.0. The molecule has 2 amide bonds. The molecule has 0 radical (unpaired) electrons. The zero-order valence-electron chi connectivity index (χ0n) is 14.1. The predicted molar refractivity (Wildman–Crippen MR) is 92.3 cm³/mol. The fraction of sp³-hybridized carbons (Fsp3) is 0.467. The Morgan fingerprint density at radius 2 is 2.00 bits per heavy atom. The van der Waals surface area contributed by atoms with E-state index in [1.807, 2.05) is 0 Å². The third kappa shape index (κ3) is 4.60. The largest absolute Gasteiger partial charge is 0.494 e. The number of hydrogen-bond donors (Lipinski definition) is 2. The van der Waals surface area contributed by atoms with Crippen LogP contribution in [0.3, 0.4) is 0 Å². The highest BCUT2D eigenvalue weighted by atomic mass is 32.2. The first-order valence-electron chi connectivity index (χ1n) is 7.65. The number of carbonyl (C=O) groups excluding carboxylic acids is 2. The van der Waals surface area contributed by atoms with E-state index in [0.29, 0.717) is 25.3 Å². The molecule has 0 aliphatic carbocycles. The first-order valence-corrected chi connectivity index (χ1v) is 9.26. The van der Waals surface area contributed by atoms with Crippen molar-refractivity contribution >= 4 is 33.2 Å². The molecule has 0 atom stereocenters. The molecule has 0 saturated carbocycles. The Kier molecular flexibility index (Phi) is 6.21. The molecule has 0 aromatic heterocycles. The highest BCUT2D eigenvalue weighted by Crippen LogP contribution is 2.32. The Morgan fingerprint density at radius 3 is 2.60 bits per heavy atom. The van der Waals surface area contributed by atoms with Crippen molar-refractivity contribution < 1.29 is 27.5 Å². The zero-order valence-corrected chi connectivity index (χ0v) is 14.9. The molecule has 1 aromatic rings. The van der Waals surface area contributed by atoms with Gasteiger partial charge in [0, 0.05) is 26.3 Å². The summed E-state index contributed by atoms with van der Waals surface area (Å²) in [5.41, 5.74) is 0.728. The smallest absolute Gasteiger partial charge is 0.313 e. The molecule has 2 N–H and O–H groups in total. The second-order valence-corrected chi connectivity index (χ2v) is 7.34. The molecule has 1 saturated heterocycles. The molecule has 1 aliphatic rings. The van der Waals surface area contributed by atoms with E-state index in [2.05, 4.69) is 10.6 Å². The van der Waals surface area contributed by atoms with Crippen LogP contribution in [0, 0.1) is 0 Å². The first-order chi connectivity index (χ1) is 11.9. The molecule has 138 valence electrons. The number of anilines is 2. The van der Waals surface area contributed by atoms with Crippen LogP contribution in [0.4, 0.5) is 11.4 Å². The fourth-order valence-corrected chi connectivity index (χ4v) is 3.95. The lowest BCUT2D eigenvalue weighted by Crippen LogP contribution is -2.37. The van der Waals surface area contributed by atoms with Gasteiger partial charge >= 0.3 is 11.8 Å². The summed E-state index contributed by atoms with van der Waals surface area (Å²) >= 11 is 0. The van der Waals surface area contributed by atoms with E-state index in [0.717, 1.165) is 0 Å². The van der Waals surface area contributed by atoms with Gasteiger partial charge in [-0.2, -0.15) is 0 Å².